The number of carbonyl (C=O) groups is 1. The first kappa shape index (κ1) is 15.9. The molecule has 0 aliphatic heterocycles. The van der Waals surface area contributed by atoms with Gasteiger partial charge in [0.25, 0.3) is 5.17 Å². The average molecular weight is 303 g/mol. The lowest BCUT2D eigenvalue weighted by Gasteiger charge is -2.09. The molecule has 1 aromatic heterocycles. The number of aliphatic hydroxyl groups is 1. The van der Waals surface area contributed by atoms with Crippen molar-refractivity contribution in [3.8, 4) is 0 Å². The summed E-state index contributed by atoms with van der Waals surface area (Å²) in [4.78, 5) is 12.9. The third kappa shape index (κ3) is 4.15. The first-order valence-corrected chi connectivity index (χ1v) is 7.05. The summed E-state index contributed by atoms with van der Waals surface area (Å²) in [5, 5.41) is 12.3. The molecule has 2 N–H and O–H groups in total. The third-order valence-corrected chi connectivity index (χ3v) is 3.75. The quantitative estimate of drug-likeness (QED) is 0.642. The maximum absolute atomic E-state index is 11.9. The number of aliphatic hydroxyl groups excluding tert-OH is 1. The number of ether oxygens (including phenoxy) is 2. The molecule has 0 spiro atoms. The highest BCUT2D eigenvalue weighted by Crippen LogP contribution is 2.33. The number of carbonyl (C=O) groups excluding carboxylic acids is 1. The van der Waals surface area contributed by atoms with Gasteiger partial charge in [0.2, 0.25) is 0 Å². The van der Waals surface area contributed by atoms with Crippen LogP contribution in [0.1, 0.15) is 27.7 Å². The highest BCUT2D eigenvalue weighted by Gasteiger charge is 2.21. The summed E-state index contributed by atoms with van der Waals surface area (Å²) in [6.07, 6.45) is 0. The van der Waals surface area contributed by atoms with Crippen LogP contribution in [0.4, 0.5) is 5.00 Å². The van der Waals surface area contributed by atoms with E-state index in [1.165, 1.54) is 11.3 Å². The molecule has 5 nitrogen and oxygen atoms in total. The zero-order chi connectivity index (χ0) is 14.4. The molecule has 0 radical (unpaired) electrons. The number of thiophene rings is 1. The minimum atomic E-state index is -0.378. The minimum Gasteiger partial charge on any atom is -0.468 e. The molecule has 7 heteroatoms. The molecule has 0 bridgehead atoms. The van der Waals surface area contributed by atoms with Crippen molar-refractivity contribution in [3.63, 3.8) is 0 Å². The second kappa shape index (κ2) is 7.42. The maximum atomic E-state index is 11.9. The molecule has 0 aromatic carbocycles. The highest BCUT2D eigenvalue weighted by molar-refractivity contribution is 7.80. The van der Waals surface area contributed by atoms with Gasteiger partial charge in [-0.15, -0.1) is 11.3 Å². The molecule has 0 saturated carbocycles. The van der Waals surface area contributed by atoms with Gasteiger partial charge in [-0.25, -0.2) is 4.79 Å². The van der Waals surface area contributed by atoms with Crippen LogP contribution in [-0.4, -0.2) is 36.1 Å². The van der Waals surface area contributed by atoms with Gasteiger partial charge >= 0.3 is 5.97 Å². The van der Waals surface area contributed by atoms with Crippen molar-refractivity contribution in [2.75, 3.05) is 25.1 Å². The topological polar surface area (TPSA) is 67.8 Å². The van der Waals surface area contributed by atoms with Crippen LogP contribution in [0, 0.1) is 13.8 Å². The van der Waals surface area contributed by atoms with E-state index in [1.807, 2.05) is 13.8 Å². The predicted molar refractivity (Wildman–Crippen MR) is 79.0 cm³/mol. The second-order valence-corrected chi connectivity index (χ2v) is 5.29. The van der Waals surface area contributed by atoms with Crippen molar-refractivity contribution in [1.82, 2.24) is 0 Å². The second-order valence-electron chi connectivity index (χ2n) is 3.69. The van der Waals surface area contributed by atoms with E-state index in [-0.39, 0.29) is 24.4 Å². The number of esters is 1. The fourth-order valence-electron chi connectivity index (χ4n) is 1.43. The molecular weight excluding hydrogens is 286 g/mol. The molecular formula is C12H17NO4S2. The zero-order valence-corrected chi connectivity index (χ0v) is 12.7. The normalized spacial score (nSPS) is 10.1. The lowest BCUT2D eigenvalue weighted by atomic mass is 10.1. The smallest absolute Gasteiger partial charge is 0.341 e. The van der Waals surface area contributed by atoms with E-state index in [1.54, 1.807) is 6.92 Å². The molecule has 0 saturated heterocycles. The fourth-order valence-corrected chi connectivity index (χ4v) is 2.72. The Labute approximate surface area is 121 Å². The van der Waals surface area contributed by atoms with Crippen molar-refractivity contribution in [2.45, 2.75) is 20.8 Å². The Morgan fingerprint density at radius 2 is 2.11 bits per heavy atom. The highest BCUT2D eigenvalue weighted by atomic mass is 32.1. The van der Waals surface area contributed by atoms with E-state index in [0.717, 1.165) is 10.4 Å². The molecule has 1 rings (SSSR count). The molecule has 1 aromatic rings. The Bertz CT molecular complexity index is 471. The van der Waals surface area contributed by atoms with Gasteiger partial charge in [-0.3, -0.25) is 0 Å². The first-order chi connectivity index (χ1) is 9.01. The van der Waals surface area contributed by atoms with Gasteiger partial charge < -0.3 is 19.9 Å². The average Bonchev–Trinajstić information content (AvgIpc) is 2.62. The van der Waals surface area contributed by atoms with Crippen LogP contribution in [0.15, 0.2) is 0 Å². The number of anilines is 1. The summed E-state index contributed by atoms with van der Waals surface area (Å²) in [5.41, 5.74) is 1.36. The van der Waals surface area contributed by atoms with Crippen LogP contribution in [0.5, 0.6) is 0 Å². The molecule has 0 atom stereocenters. The SMILES string of the molecule is CCOC(=O)c1c(NC(=S)OCCO)sc(C)c1C. The number of nitrogens with one attached hydrogen (secondary N) is 1. The fraction of sp³-hybridized carbons (Fsp3) is 0.500. The molecule has 0 amide bonds. The Morgan fingerprint density at radius 1 is 1.42 bits per heavy atom. The summed E-state index contributed by atoms with van der Waals surface area (Å²) in [7, 11) is 0. The molecule has 0 aliphatic rings. The minimum absolute atomic E-state index is 0.115. The lowest BCUT2D eigenvalue weighted by molar-refractivity contribution is 0.0527. The van der Waals surface area contributed by atoms with Crippen LogP contribution >= 0.6 is 23.6 Å². The number of thiocarbonyl (C=S) groups is 1. The number of aryl methyl sites for hydroxylation is 1. The lowest BCUT2D eigenvalue weighted by Crippen LogP contribution is -2.17. The van der Waals surface area contributed by atoms with Crippen molar-refractivity contribution < 1.29 is 19.4 Å². The van der Waals surface area contributed by atoms with Gasteiger partial charge in [0, 0.05) is 4.88 Å². The first-order valence-electron chi connectivity index (χ1n) is 5.83. The van der Waals surface area contributed by atoms with Gasteiger partial charge in [0.05, 0.1) is 18.8 Å². The van der Waals surface area contributed by atoms with Crippen molar-refractivity contribution in [3.05, 3.63) is 16.0 Å². The molecule has 0 fully saturated rings. The van der Waals surface area contributed by atoms with Gasteiger partial charge in [0.1, 0.15) is 11.6 Å². The van der Waals surface area contributed by atoms with Gasteiger partial charge in [-0.2, -0.15) is 0 Å². The van der Waals surface area contributed by atoms with Gasteiger partial charge in [-0.05, 0) is 38.6 Å². The van der Waals surface area contributed by atoms with Gasteiger partial charge in [-0.1, -0.05) is 0 Å². The monoisotopic (exact) mass is 303 g/mol. The predicted octanol–water partition coefficient (Wildman–Crippen LogP) is 2.25. The summed E-state index contributed by atoms with van der Waals surface area (Å²) >= 11 is 6.39. The summed E-state index contributed by atoms with van der Waals surface area (Å²) in [6, 6.07) is 0. The van der Waals surface area contributed by atoms with E-state index >= 15 is 0 Å². The van der Waals surface area contributed by atoms with Crippen molar-refractivity contribution in [1.29, 1.82) is 0 Å². The Hall–Kier alpha value is -1.18. The number of hydrogen-bond acceptors (Lipinski definition) is 6. The Balaban J connectivity index is 2.91. The van der Waals surface area contributed by atoms with Crippen LogP contribution in [0.25, 0.3) is 0 Å². The summed E-state index contributed by atoms with van der Waals surface area (Å²) < 4.78 is 10.1. The largest absolute Gasteiger partial charge is 0.468 e. The Morgan fingerprint density at radius 3 is 2.68 bits per heavy atom. The van der Waals surface area contributed by atoms with Crippen LogP contribution < -0.4 is 5.32 Å². The molecule has 1 heterocycles. The van der Waals surface area contributed by atoms with E-state index < -0.39 is 0 Å². The summed E-state index contributed by atoms with van der Waals surface area (Å²) in [6.45, 7) is 5.86. The summed E-state index contributed by atoms with van der Waals surface area (Å²) in [5.74, 6) is -0.378. The number of rotatable bonds is 5. The molecule has 0 unspecified atom stereocenters. The van der Waals surface area contributed by atoms with E-state index in [4.69, 9.17) is 26.8 Å². The van der Waals surface area contributed by atoms with Crippen LogP contribution in [-0.2, 0) is 9.47 Å². The van der Waals surface area contributed by atoms with Crippen molar-refractivity contribution in [2.24, 2.45) is 0 Å². The number of hydrogen-bond donors (Lipinski definition) is 2. The maximum Gasteiger partial charge on any atom is 0.341 e. The van der Waals surface area contributed by atoms with E-state index in [9.17, 15) is 4.79 Å². The Kier molecular flexibility index (Phi) is 6.20. The zero-order valence-electron chi connectivity index (χ0n) is 11.1. The molecule has 106 valence electrons. The molecule has 19 heavy (non-hydrogen) atoms. The van der Waals surface area contributed by atoms with Crippen LogP contribution in [0.2, 0.25) is 0 Å². The standard InChI is InChI=1S/C12H17NO4S2/c1-4-16-11(15)9-7(2)8(3)19-10(9)13-12(18)17-6-5-14/h14H,4-6H2,1-3H3,(H,13,18). The van der Waals surface area contributed by atoms with Gasteiger partial charge in [0.15, 0.2) is 0 Å². The van der Waals surface area contributed by atoms with Crippen LogP contribution in [0.3, 0.4) is 0 Å². The third-order valence-electron chi connectivity index (χ3n) is 2.40. The van der Waals surface area contributed by atoms with E-state index in [2.05, 4.69) is 5.32 Å². The van der Waals surface area contributed by atoms with E-state index in [0.29, 0.717) is 17.2 Å². The molecule has 0 aliphatic carbocycles. The van der Waals surface area contributed by atoms with Crippen molar-refractivity contribution >= 4 is 39.7 Å².